The van der Waals surface area contributed by atoms with Gasteiger partial charge >= 0.3 is 5.97 Å². The predicted molar refractivity (Wildman–Crippen MR) is 128 cm³/mol. The Bertz CT molecular complexity index is 757. The SMILES string of the molecule is CCCCCCCCCCCCCC[C@@H]1C[C@H](COS(=O)(=O)c2ccc(C)cc2)OC1=O. The van der Waals surface area contributed by atoms with Crippen molar-refractivity contribution in [3.63, 3.8) is 0 Å². The third-order valence-electron chi connectivity index (χ3n) is 6.29. The number of carbonyl (C=O) groups is 1. The Morgan fingerprint density at radius 2 is 1.41 bits per heavy atom. The maximum atomic E-state index is 12.3. The number of esters is 1. The van der Waals surface area contributed by atoms with Crippen LogP contribution in [-0.4, -0.2) is 27.1 Å². The van der Waals surface area contributed by atoms with E-state index in [2.05, 4.69) is 6.92 Å². The van der Waals surface area contributed by atoms with E-state index in [9.17, 15) is 13.2 Å². The van der Waals surface area contributed by atoms with Crippen molar-refractivity contribution >= 4 is 16.1 Å². The second-order valence-corrected chi connectivity index (χ2v) is 10.8. The minimum Gasteiger partial charge on any atom is -0.460 e. The van der Waals surface area contributed by atoms with Crippen molar-refractivity contribution in [1.82, 2.24) is 0 Å². The van der Waals surface area contributed by atoms with Crippen LogP contribution in [0.15, 0.2) is 29.2 Å². The van der Waals surface area contributed by atoms with Crippen molar-refractivity contribution in [3.8, 4) is 0 Å². The van der Waals surface area contributed by atoms with E-state index >= 15 is 0 Å². The lowest BCUT2D eigenvalue weighted by Crippen LogP contribution is -2.18. The molecule has 32 heavy (non-hydrogen) atoms. The predicted octanol–water partition coefficient (Wildman–Crippen LogP) is 6.72. The molecule has 0 aliphatic carbocycles. The first-order valence-electron chi connectivity index (χ1n) is 12.6. The molecule has 0 unspecified atom stereocenters. The van der Waals surface area contributed by atoms with Gasteiger partial charge in [-0.1, -0.05) is 102 Å². The molecule has 1 fully saturated rings. The number of unbranched alkanes of at least 4 members (excludes halogenated alkanes) is 11. The second kappa shape index (κ2) is 14.7. The smallest absolute Gasteiger partial charge is 0.309 e. The lowest BCUT2D eigenvalue weighted by Gasteiger charge is -2.10. The van der Waals surface area contributed by atoms with Crippen LogP contribution in [0.5, 0.6) is 0 Å². The van der Waals surface area contributed by atoms with Crippen LogP contribution in [-0.2, 0) is 23.8 Å². The number of hydrogen-bond acceptors (Lipinski definition) is 5. The Kier molecular flexibility index (Phi) is 12.3. The Morgan fingerprint density at radius 3 is 1.97 bits per heavy atom. The van der Waals surface area contributed by atoms with Gasteiger partial charge in [0.15, 0.2) is 0 Å². The molecule has 0 N–H and O–H groups in total. The number of cyclic esters (lactones) is 1. The first-order valence-corrected chi connectivity index (χ1v) is 14.0. The van der Waals surface area contributed by atoms with E-state index in [-0.39, 0.29) is 23.4 Å². The fourth-order valence-electron chi connectivity index (χ4n) is 4.23. The number of hydrogen-bond donors (Lipinski definition) is 0. The Balaban J connectivity index is 1.53. The fraction of sp³-hybridized carbons (Fsp3) is 0.731. The fourth-order valence-corrected chi connectivity index (χ4v) is 5.17. The van der Waals surface area contributed by atoms with Gasteiger partial charge in [0.25, 0.3) is 10.1 Å². The molecule has 0 amide bonds. The highest BCUT2D eigenvalue weighted by Gasteiger charge is 2.35. The van der Waals surface area contributed by atoms with Gasteiger partial charge in [0.05, 0.1) is 10.8 Å². The molecule has 2 atom stereocenters. The zero-order valence-corrected chi connectivity index (χ0v) is 20.8. The van der Waals surface area contributed by atoms with Gasteiger partial charge in [-0.15, -0.1) is 0 Å². The molecule has 1 aromatic carbocycles. The Morgan fingerprint density at radius 1 is 0.875 bits per heavy atom. The van der Waals surface area contributed by atoms with E-state index in [1.165, 1.54) is 76.3 Å². The van der Waals surface area contributed by atoms with E-state index in [1.807, 2.05) is 6.92 Å². The van der Waals surface area contributed by atoms with E-state index in [0.717, 1.165) is 24.8 Å². The van der Waals surface area contributed by atoms with Crippen molar-refractivity contribution in [2.45, 2.75) is 115 Å². The van der Waals surface area contributed by atoms with Crippen molar-refractivity contribution in [2.75, 3.05) is 6.61 Å². The molecule has 0 radical (unpaired) electrons. The molecule has 0 saturated carbocycles. The quantitative estimate of drug-likeness (QED) is 0.145. The first kappa shape index (κ1) is 26.8. The lowest BCUT2D eigenvalue weighted by atomic mass is 9.97. The van der Waals surface area contributed by atoms with Crippen LogP contribution >= 0.6 is 0 Å². The zero-order chi connectivity index (χ0) is 23.2. The van der Waals surface area contributed by atoms with Crippen LogP contribution in [0.1, 0.15) is 102 Å². The van der Waals surface area contributed by atoms with Crippen LogP contribution in [0.2, 0.25) is 0 Å². The number of ether oxygens (including phenoxy) is 1. The summed E-state index contributed by atoms with van der Waals surface area (Å²) in [6, 6.07) is 6.52. The van der Waals surface area contributed by atoms with Crippen LogP contribution in [0.25, 0.3) is 0 Å². The lowest BCUT2D eigenvalue weighted by molar-refractivity contribution is -0.145. The van der Waals surface area contributed by atoms with Gasteiger partial charge in [-0.2, -0.15) is 8.42 Å². The molecule has 182 valence electrons. The Hall–Kier alpha value is -1.40. The molecule has 0 aromatic heterocycles. The largest absolute Gasteiger partial charge is 0.460 e. The van der Waals surface area contributed by atoms with Crippen molar-refractivity contribution < 1.29 is 22.1 Å². The molecular formula is C26H42O5S. The molecular weight excluding hydrogens is 424 g/mol. The summed E-state index contributed by atoms with van der Waals surface area (Å²) in [5.41, 5.74) is 0.981. The number of aryl methyl sites for hydroxylation is 1. The molecule has 1 aliphatic rings. The van der Waals surface area contributed by atoms with E-state index < -0.39 is 16.2 Å². The first-order chi connectivity index (χ1) is 15.4. The van der Waals surface area contributed by atoms with Crippen LogP contribution in [0.3, 0.4) is 0 Å². The van der Waals surface area contributed by atoms with Gasteiger partial charge in [-0.3, -0.25) is 8.98 Å². The minimum atomic E-state index is -3.83. The molecule has 1 aromatic rings. The molecule has 1 aliphatic heterocycles. The van der Waals surface area contributed by atoms with Crippen molar-refractivity contribution in [1.29, 1.82) is 0 Å². The van der Waals surface area contributed by atoms with Crippen LogP contribution in [0.4, 0.5) is 0 Å². The summed E-state index contributed by atoms with van der Waals surface area (Å²) in [7, 11) is -3.83. The maximum Gasteiger partial charge on any atom is 0.309 e. The van der Waals surface area contributed by atoms with E-state index in [4.69, 9.17) is 8.92 Å². The highest BCUT2D eigenvalue weighted by molar-refractivity contribution is 7.86. The van der Waals surface area contributed by atoms with E-state index in [0.29, 0.717) is 6.42 Å². The number of rotatable bonds is 17. The highest BCUT2D eigenvalue weighted by atomic mass is 32.2. The summed E-state index contributed by atoms with van der Waals surface area (Å²) >= 11 is 0. The summed E-state index contributed by atoms with van der Waals surface area (Å²) in [6.07, 6.45) is 16.4. The van der Waals surface area contributed by atoms with Gasteiger partial charge in [-0.05, 0) is 31.9 Å². The van der Waals surface area contributed by atoms with Crippen molar-refractivity contribution in [3.05, 3.63) is 29.8 Å². The molecule has 0 bridgehead atoms. The molecule has 0 spiro atoms. The molecule has 2 rings (SSSR count). The molecule has 6 heteroatoms. The minimum absolute atomic E-state index is 0.114. The zero-order valence-electron chi connectivity index (χ0n) is 20.0. The summed E-state index contributed by atoms with van der Waals surface area (Å²) in [4.78, 5) is 12.2. The van der Waals surface area contributed by atoms with E-state index in [1.54, 1.807) is 12.1 Å². The number of benzene rings is 1. The Labute approximate surface area is 195 Å². The topological polar surface area (TPSA) is 69.7 Å². The monoisotopic (exact) mass is 466 g/mol. The average Bonchev–Trinajstić information content (AvgIpc) is 3.13. The van der Waals surface area contributed by atoms with Gasteiger partial charge < -0.3 is 4.74 Å². The van der Waals surface area contributed by atoms with Gasteiger partial charge in [0.1, 0.15) is 12.7 Å². The summed E-state index contributed by atoms with van der Waals surface area (Å²) in [5, 5.41) is 0. The molecule has 5 nitrogen and oxygen atoms in total. The molecule has 1 saturated heterocycles. The van der Waals surface area contributed by atoms with Crippen LogP contribution < -0.4 is 0 Å². The van der Waals surface area contributed by atoms with Gasteiger partial charge in [0.2, 0.25) is 0 Å². The third-order valence-corrected chi connectivity index (χ3v) is 7.58. The summed E-state index contributed by atoms with van der Waals surface area (Å²) < 4.78 is 35.1. The second-order valence-electron chi connectivity index (χ2n) is 9.22. The highest BCUT2D eigenvalue weighted by Crippen LogP contribution is 2.27. The third kappa shape index (κ3) is 10.0. The number of carbonyl (C=O) groups excluding carboxylic acids is 1. The van der Waals surface area contributed by atoms with Crippen molar-refractivity contribution in [2.24, 2.45) is 5.92 Å². The summed E-state index contributed by atoms with van der Waals surface area (Å²) in [5.74, 6) is -0.344. The molecule has 1 heterocycles. The maximum absolute atomic E-state index is 12.3. The normalized spacial score (nSPS) is 18.8. The van der Waals surface area contributed by atoms with Gasteiger partial charge in [0, 0.05) is 0 Å². The summed E-state index contributed by atoms with van der Waals surface area (Å²) in [6.45, 7) is 4.03. The van der Waals surface area contributed by atoms with Crippen LogP contribution in [0, 0.1) is 12.8 Å². The standard InChI is InChI=1S/C26H42O5S/c1-3-4-5-6-7-8-9-10-11-12-13-14-15-23-20-24(31-26(23)27)21-30-32(28,29)25-18-16-22(2)17-19-25/h16-19,23-24H,3-15,20-21H2,1-2H3/t23-,24-/m1/s1. The average molecular weight is 467 g/mol. The van der Waals surface area contributed by atoms with Gasteiger partial charge in [-0.25, -0.2) is 0 Å².